The number of anilines is 1. The zero-order chi connectivity index (χ0) is 18.9. The highest BCUT2D eigenvalue weighted by Crippen LogP contribution is 2.33. The molecule has 0 saturated heterocycles. The predicted molar refractivity (Wildman–Crippen MR) is 81.9 cm³/mol. The summed E-state index contributed by atoms with van der Waals surface area (Å²) in [7, 11) is 0. The van der Waals surface area contributed by atoms with E-state index >= 15 is 0 Å². The molecule has 0 saturated carbocycles. The van der Waals surface area contributed by atoms with Crippen molar-refractivity contribution in [3.05, 3.63) is 70.5 Å². The summed E-state index contributed by atoms with van der Waals surface area (Å²) in [5.74, 6) is -2.00. The summed E-state index contributed by atoms with van der Waals surface area (Å²) in [5.41, 5.74) is -0.908. The van der Waals surface area contributed by atoms with Gasteiger partial charge in [-0.25, -0.2) is 4.98 Å². The number of nitrogens with zero attached hydrogens (tertiary/aromatic N) is 3. The molecule has 3 aromatic rings. The lowest BCUT2D eigenvalue weighted by Gasteiger charge is -2.14. The van der Waals surface area contributed by atoms with Crippen LogP contribution < -0.4 is 5.32 Å². The molecule has 0 atom stereocenters. The van der Waals surface area contributed by atoms with Gasteiger partial charge < -0.3 is 14.3 Å². The van der Waals surface area contributed by atoms with E-state index in [0.29, 0.717) is 0 Å². The van der Waals surface area contributed by atoms with Crippen molar-refractivity contribution in [3.8, 4) is 5.69 Å². The molecule has 0 aliphatic heterocycles. The fraction of sp³-hybridized carbons (Fsp3) is 0.0667. The highest BCUT2D eigenvalue weighted by Gasteiger charge is 2.31. The molecule has 0 spiro atoms. The molecule has 0 fully saturated rings. The van der Waals surface area contributed by atoms with Gasteiger partial charge in [0.1, 0.15) is 4.92 Å². The van der Waals surface area contributed by atoms with Crippen LogP contribution in [0.5, 0.6) is 0 Å². The first kappa shape index (κ1) is 17.2. The largest absolute Gasteiger partial charge is 0.433 e. The van der Waals surface area contributed by atoms with Crippen molar-refractivity contribution in [2.45, 2.75) is 6.18 Å². The molecule has 0 unspecified atom stereocenters. The first-order valence-corrected chi connectivity index (χ1v) is 7.01. The number of amides is 1. The van der Waals surface area contributed by atoms with Gasteiger partial charge in [-0.1, -0.05) is 0 Å². The normalized spacial score (nSPS) is 11.3. The van der Waals surface area contributed by atoms with E-state index in [1.165, 1.54) is 29.4 Å². The Kier molecular flexibility index (Phi) is 4.20. The van der Waals surface area contributed by atoms with Gasteiger partial charge >= 0.3 is 12.1 Å². The second-order valence-corrected chi connectivity index (χ2v) is 5.05. The SMILES string of the molecule is O=C(Nc1cc(C(F)(F)F)ccc1-n1ccnc1)c1ccc([N+](=O)[O-])o1. The van der Waals surface area contributed by atoms with Crippen LogP contribution in [-0.2, 0) is 6.18 Å². The number of imidazole rings is 1. The van der Waals surface area contributed by atoms with Crippen molar-refractivity contribution >= 4 is 17.5 Å². The number of nitro groups is 1. The molecule has 11 heteroatoms. The van der Waals surface area contributed by atoms with E-state index in [-0.39, 0.29) is 11.4 Å². The molecule has 8 nitrogen and oxygen atoms in total. The molecule has 134 valence electrons. The Morgan fingerprint density at radius 2 is 2.04 bits per heavy atom. The second-order valence-electron chi connectivity index (χ2n) is 5.05. The molecule has 0 aliphatic rings. The van der Waals surface area contributed by atoms with E-state index in [1.54, 1.807) is 0 Å². The van der Waals surface area contributed by atoms with Crippen LogP contribution in [0, 0.1) is 10.1 Å². The Hall–Kier alpha value is -3.63. The van der Waals surface area contributed by atoms with Crippen LogP contribution in [0.4, 0.5) is 24.7 Å². The summed E-state index contributed by atoms with van der Waals surface area (Å²) in [6.45, 7) is 0. The van der Waals surface area contributed by atoms with Crippen LogP contribution in [0.1, 0.15) is 16.1 Å². The van der Waals surface area contributed by atoms with Gasteiger partial charge in [-0.2, -0.15) is 13.2 Å². The standard InChI is InChI=1S/C15H9F3N4O4/c16-15(17,18)9-1-2-11(21-6-5-19-8-21)10(7-9)20-14(23)12-3-4-13(26-12)22(24)25/h1-8H,(H,20,23). The molecule has 1 N–H and O–H groups in total. The summed E-state index contributed by atoms with van der Waals surface area (Å²) < 4.78 is 45.1. The van der Waals surface area contributed by atoms with Gasteiger partial charge in [-0.3, -0.25) is 14.9 Å². The van der Waals surface area contributed by atoms with E-state index < -0.39 is 34.2 Å². The van der Waals surface area contributed by atoms with Crippen LogP contribution in [-0.4, -0.2) is 20.4 Å². The average Bonchev–Trinajstić information content (AvgIpc) is 3.26. The van der Waals surface area contributed by atoms with Crippen molar-refractivity contribution in [3.63, 3.8) is 0 Å². The van der Waals surface area contributed by atoms with Crippen molar-refractivity contribution in [1.82, 2.24) is 9.55 Å². The maximum absolute atomic E-state index is 13.0. The van der Waals surface area contributed by atoms with Crippen LogP contribution >= 0.6 is 0 Å². The molecular formula is C15H9F3N4O4. The maximum Gasteiger partial charge on any atom is 0.433 e. The van der Waals surface area contributed by atoms with Crippen molar-refractivity contribution in [2.24, 2.45) is 0 Å². The third-order valence-corrected chi connectivity index (χ3v) is 3.35. The van der Waals surface area contributed by atoms with Gasteiger partial charge in [-0.15, -0.1) is 0 Å². The Labute approximate surface area is 143 Å². The monoisotopic (exact) mass is 366 g/mol. The van der Waals surface area contributed by atoms with Gasteiger partial charge in [0.25, 0.3) is 5.91 Å². The summed E-state index contributed by atoms with van der Waals surface area (Å²) in [4.78, 5) is 25.8. The molecule has 1 amide bonds. The number of hydrogen-bond donors (Lipinski definition) is 1. The molecule has 0 radical (unpaired) electrons. The van der Waals surface area contributed by atoms with Crippen LogP contribution in [0.2, 0.25) is 0 Å². The van der Waals surface area contributed by atoms with Crippen LogP contribution in [0.15, 0.2) is 53.5 Å². The minimum absolute atomic E-state index is 0.165. The van der Waals surface area contributed by atoms with E-state index in [4.69, 9.17) is 4.42 Å². The van der Waals surface area contributed by atoms with E-state index in [2.05, 4.69) is 10.3 Å². The molecule has 0 aliphatic carbocycles. The molecule has 1 aromatic carbocycles. The molecule has 26 heavy (non-hydrogen) atoms. The fourth-order valence-corrected chi connectivity index (χ4v) is 2.17. The van der Waals surface area contributed by atoms with Crippen LogP contribution in [0.3, 0.4) is 0 Å². The molecule has 3 rings (SSSR count). The Balaban J connectivity index is 1.98. The third-order valence-electron chi connectivity index (χ3n) is 3.35. The topological polar surface area (TPSA) is 103 Å². The summed E-state index contributed by atoms with van der Waals surface area (Å²) >= 11 is 0. The fourth-order valence-electron chi connectivity index (χ4n) is 2.17. The predicted octanol–water partition coefficient (Wildman–Crippen LogP) is 3.64. The lowest BCUT2D eigenvalue weighted by Crippen LogP contribution is -2.14. The van der Waals surface area contributed by atoms with Gasteiger partial charge in [0.05, 0.1) is 29.3 Å². The number of hydrogen-bond acceptors (Lipinski definition) is 5. The zero-order valence-corrected chi connectivity index (χ0v) is 12.7. The number of furan rings is 1. The highest BCUT2D eigenvalue weighted by molar-refractivity contribution is 6.03. The number of carbonyl (C=O) groups is 1. The van der Waals surface area contributed by atoms with Crippen LogP contribution in [0.25, 0.3) is 5.69 Å². The van der Waals surface area contributed by atoms with E-state index in [0.717, 1.165) is 24.3 Å². The first-order valence-electron chi connectivity index (χ1n) is 7.01. The summed E-state index contributed by atoms with van der Waals surface area (Å²) in [6.07, 6.45) is -0.373. The number of halogens is 3. The number of carbonyl (C=O) groups excluding carboxylic acids is 1. The second kappa shape index (κ2) is 6.35. The quantitative estimate of drug-likeness (QED) is 0.561. The number of aromatic nitrogens is 2. The average molecular weight is 366 g/mol. The molecule has 0 bridgehead atoms. The van der Waals surface area contributed by atoms with Crippen molar-refractivity contribution < 1.29 is 27.3 Å². The number of rotatable bonds is 4. The van der Waals surface area contributed by atoms with Gasteiger partial charge in [-0.05, 0) is 24.3 Å². The lowest BCUT2D eigenvalue weighted by molar-refractivity contribution is -0.402. The summed E-state index contributed by atoms with van der Waals surface area (Å²) in [5, 5.41) is 12.9. The van der Waals surface area contributed by atoms with Gasteiger partial charge in [0, 0.05) is 12.4 Å². The Morgan fingerprint density at radius 1 is 1.27 bits per heavy atom. The molecule has 2 aromatic heterocycles. The smallest absolute Gasteiger partial charge is 0.395 e. The first-order chi connectivity index (χ1) is 12.3. The third kappa shape index (κ3) is 3.41. The Morgan fingerprint density at radius 3 is 2.62 bits per heavy atom. The lowest BCUT2D eigenvalue weighted by atomic mass is 10.1. The summed E-state index contributed by atoms with van der Waals surface area (Å²) in [6, 6.07) is 4.81. The molecular weight excluding hydrogens is 357 g/mol. The van der Waals surface area contributed by atoms with Gasteiger partial charge in [0.15, 0.2) is 5.76 Å². The van der Waals surface area contributed by atoms with Crippen molar-refractivity contribution in [1.29, 1.82) is 0 Å². The van der Waals surface area contributed by atoms with Gasteiger partial charge in [0.2, 0.25) is 0 Å². The number of benzene rings is 1. The maximum atomic E-state index is 13.0. The van der Waals surface area contributed by atoms with E-state index in [9.17, 15) is 28.1 Å². The zero-order valence-electron chi connectivity index (χ0n) is 12.7. The minimum atomic E-state index is -4.61. The number of alkyl halides is 3. The molecule has 2 heterocycles. The van der Waals surface area contributed by atoms with Crippen molar-refractivity contribution in [2.75, 3.05) is 5.32 Å². The Bertz CT molecular complexity index is 964. The minimum Gasteiger partial charge on any atom is -0.395 e. The van der Waals surface area contributed by atoms with E-state index in [1.807, 2.05) is 0 Å². The number of nitrogens with one attached hydrogen (secondary N) is 1. The highest BCUT2D eigenvalue weighted by atomic mass is 19.4.